The van der Waals surface area contributed by atoms with Gasteiger partial charge in [0, 0.05) is 12.0 Å². The number of carbonyl (C=O) groups excluding carboxylic acids is 3. The van der Waals surface area contributed by atoms with E-state index in [4.69, 9.17) is 13.9 Å². The third kappa shape index (κ3) is 6.28. The van der Waals surface area contributed by atoms with Crippen molar-refractivity contribution >= 4 is 17.8 Å². The largest absolute Gasteiger partial charge is 0.451 e. The molecule has 35 heavy (non-hydrogen) atoms. The van der Waals surface area contributed by atoms with Gasteiger partial charge in [-0.05, 0) is 50.5 Å². The molecule has 2 aliphatic rings. The van der Waals surface area contributed by atoms with Crippen LogP contribution in [-0.4, -0.2) is 35.8 Å². The Balaban J connectivity index is 1.50. The van der Waals surface area contributed by atoms with Crippen molar-refractivity contribution in [3.8, 4) is 11.3 Å². The molecule has 1 aromatic heterocycles. The third-order valence-corrected chi connectivity index (χ3v) is 6.28. The summed E-state index contributed by atoms with van der Waals surface area (Å²) in [7, 11) is 0. The number of rotatable bonds is 9. The summed E-state index contributed by atoms with van der Waals surface area (Å²) in [6.07, 6.45) is 4.59. The lowest BCUT2D eigenvalue weighted by Crippen LogP contribution is -2.57. The molecule has 1 saturated heterocycles. The molecule has 0 bridgehead atoms. The maximum Gasteiger partial charge on any atom is 0.309 e. The van der Waals surface area contributed by atoms with Crippen molar-refractivity contribution in [2.24, 2.45) is 5.92 Å². The van der Waals surface area contributed by atoms with E-state index >= 15 is 0 Å². The molecule has 1 unspecified atom stereocenters. The van der Waals surface area contributed by atoms with Gasteiger partial charge in [-0.25, -0.2) is 4.39 Å². The van der Waals surface area contributed by atoms with E-state index < -0.39 is 35.6 Å². The van der Waals surface area contributed by atoms with Gasteiger partial charge in [-0.3, -0.25) is 19.7 Å². The Bertz CT molecular complexity index is 1080. The highest BCUT2D eigenvalue weighted by Crippen LogP contribution is 2.31. The van der Waals surface area contributed by atoms with Gasteiger partial charge in [-0.1, -0.05) is 37.8 Å². The summed E-state index contributed by atoms with van der Waals surface area (Å²) in [5.74, 6) is -2.83. The van der Waals surface area contributed by atoms with Crippen molar-refractivity contribution in [2.45, 2.75) is 76.9 Å². The SMILES string of the molecule is CC(C)OC1(NC(=O)[C@H](CC2CCCC2)NC(=O)c2ccc(-c3cccc(F)c3)o2)CCC(=O)O1. The topological polar surface area (TPSA) is 107 Å². The first-order valence-electron chi connectivity index (χ1n) is 12.1. The Labute approximate surface area is 203 Å². The highest BCUT2D eigenvalue weighted by Gasteiger charge is 2.45. The number of halogens is 1. The predicted octanol–water partition coefficient (Wildman–Crippen LogP) is 4.30. The Kier molecular flexibility index (Phi) is 7.54. The summed E-state index contributed by atoms with van der Waals surface area (Å²) in [6.45, 7) is 3.57. The lowest BCUT2D eigenvalue weighted by molar-refractivity contribution is -0.241. The van der Waals surface area contributed by atoms with E-state index in [-0.39, 0.29) is 24.7 Å². The Morgan fingerprint density at radius 3 is 2.63 bits per heavy atom. The van der Waals surface area contributed by atoms with Crippen LogP contribution in [0.1, 0.15) is 69.3 Å². The van der Waals surface area contributed by atoms with Crippen LogP contribution in [0.5, 0.6) is 0 Å². The summed E-state index contributed by atoms with van der Waals surface area (Å²) in [5.41, 5.74) is 0.500. The number of ether oxygens (including phenoxy) is 2. The zero-order chi connectivity index (χ0) is 25.0. The number of carbonyl (C=O) groups is 3. The van der Waals surface area contributed by atoms with Crippen LogP contribution in [0.25, 0.3) is 11.3 Å². The van der Waals surface area contributed by atoms with E-state index in [1.54, 1.807) is 32.0 Å². The average molecular weight is 487 g/mol. The van der Waals surface area contributed by atoms with Gasteiger partial charge in [0.05, 0.1) is 12.5 Å². The molecule has 2 heterocycles. The van der Waals surface area contributed by atoms with Gasteiger partial charge in [0.1, 0.15) is 17.6 Å². The molecule has 188 valence electrons. The summed E-state index contributed by atoms with van der Waals surface area (Å²) >= 11 is 0. The van der Waals surface area contributed by atoms with Crippen LogP contribution in [-0.2, 0) is 19.1 Å². The van der Waals surface area contributed by atoms with Gasteiger partial charge in [0.15, 0.2) is 5.76 Å². The summed E-state index contributed by atoms with van der Waals surface area (Å²) in [6, 6.07) is 8.07. The van der Waals surface area contributed by atoms with Crippen LogP contribution in [0.3, 0.4) is 0 Å². The van der Waals surface area contributed by atoms with Crippen molar-refractivity contribution in [1.82, 2.24) is 10.6 Å². The first kappa shape index (κ1) is 24.9. The molecule has 2 N–H and O–H groups in total. The van der Waals surface area contributed by atoms with Crippen molar-refractivity contribution in [3.05, 3.63) is 48.0 Å². The number of cyclic esters (lactones) is 1. The van der Waals surface area contributed by atoms with Gasteiger partial charge in [-0.15, -0.1) is 0 Å². The molecule has 8 nitrogen and oxygen atoms in total. The van der Waals surface area contributed by atoms with Crippen LogP contribution < -0.4 is 10.6 Å². The van der Waals surface area contributed by atoms with E-state index in [1.165, 1.54) is 18.2 Å². The Morgan fingerprint density at radius 1 is 1.20 bits per heavy atom. The number of hydrogen-bond acceptors (Lipinski definition) is 6. The lowest BCUT2D eigenvalue weighted by Gasteiger charge is -2.32. The second kappa shape index (κ2) is 10.6. The van der Waals surface area contributed by atoms with Gasteiger partial charge >= 0.3 is 5.97 Å². The smallest absolute Gasteiger partial charge is 0.309 e. The molecule has 1 aliphatic carbocycles. The average Bonchev–Trinajstić information content (AvgIpc) is 3.55. The maximum absolute atomic E-state index is 13.6. The van der Waals surface area contributed by atoms with E-state index in [9.17, 15) is 18.8 Å². The summed E-state index contributed by atoms with van der Waals surface area (Å²) in [4.78, 5) is 38.2. The number of benzene rings is 1. The molecule has 1 saturated carbocycles. The lowest BCUT2D eigenvalue weighted by atomic mass is 9.97. The van der Waals surface area contributed by atoms with Gasteiger partial charge < -0.3 is 19.2 Å². The summed E-state index contributed by atoms with van der Waals surface area (Å²) in [5, 5.41) is 5.51. The van der Waals surface area contributed by atoms with Gasteiger partial charge in [-0.2, -0.15) is 0 Å². The molecule has 9 heteroatoms. The van der Waals surface area contributed by atoms with Crippen molar-refractivity contribution in [2.75, 3.05) is 0 Å². The van der Waals surface area contributed by atoms with Gasteiger partial charge in [0.25, 0.3) is 11.8 Å². The molecule has 2 amide bonds. The summed E-state index contributed by atoms with van der Waals surface area (Å²) < 4.78 is 30.3. The second-order valence-electron chi connectivity index (χ2n) is 9.47. The van der Waals surface area contributed by atoms with E-state index in [1.807, 2.05) is 0 Å². The zero-order valence-corrected chi connectivity index (χ0v) is 20.0. The zero-order valence-electron chi connectivity index (χ0n) is 20.0. The molecule has 2 atom stereocenters. The number of nitrogens with one attached hydrogen (secondary N) is 2. The predicted molar refractivity (Wildman–Crippen MR) is 124 cm³/mol. The van der Waals surface area contributed by atoms with E-state index in [0.29, 0.717) is 23.7 Å². The fourth-order valence-corrected chi connectivity index (χ4v) is 4.71. The van der Waals surface area contributed by atoms with Crippen LogP contribution in [0.4, 0.5) is 4.39 Å². The molecule has 0 radical (unpaired) electrons. The number of amides is 2. The van der Waals surface area contributed by atoms with Crippen molar-refractivity contribution in [1.29, 1.82) is 0 Å². The van der Waals surface area contributed by atoms with Crippen molar-refractivity contribution in [3.63, 3.8) is 0 Å². The first-order chi connectivity index (χ1) is 16.7. The normalized spacial score (nSPS) is 21.2. The molecular weight excluding hydrogens is 455 g/mol. The first-order valence-corrected chi connectivity index (χ1v) is 12.1. The van der Waals surface area contributed by atoms with Crippen LogP contribution >= 0.6 is 0 Å². The quantitative estimate of drug-likeness (QED) is 0.404. The molecule has 0 spiro atoms. The van der Waals surface area contributed by atoms with Crippen LogP contribution in [0, 0.1) is 11.7 Å². The van der Waals surface area contributed by atoms with Crippen LogP contribution in [0.15, 0.2) is 40.8 Å². The molecule has 4 rings (SSSR count). The molecular formula is C26H31FN2O6. The van der Waals surface area contributed by atoms with Crippen LogP contribution in [0.2, 0.25) is 0 Å². The third-order valence-electron chi connectivity index (χ3n) is 6.28. The number of esters is 1. The minimum atomic E-state index is -1.55. The highest BCUT2D eigenvalue weighted by molar-refractivity contribution is 5.96. The molecule has 1 aromatic carbocycles. The Hall–Kier alpha value is -3.20. The second-order valence-corrected chi connectivity index (χ2v) is 9.47. The molecule has 2 aromatic rings. The maximum atomic E-state index is 13.6. The molecule has 2 fully saturated rings. The standard InChI is InChI=1S/C26H31FN2O6/c1-16(2)34-26(13-12-23(30)35-26)29-24(31)20(14-17-6-3-4-7-17)28-25(32)22-11-10-21(33-22)18-8-5-9-19(27)15-18/h5,8-11,15-17,20H,3-4,6-7,12-14H2,1-2H3,(H,28,32)(H,29,31)/t20-,26?/m0/s1. The highest BCUT2D eigenvalue weighted by atomic mass is 19.1. The van der Waals surface area contributed by atoms with Gasteiger partial charge in [0.2, 0.25) is 5.91 Å². The minimum absolute atomic E-state index is 0.00826. The minimum Gasteiger partial charge on any atom is -0.451 e. The molecule has 1 aliphatic heterocycles. The number of furan rings is 1. The number of hydrogen-bond donors (Lipinski definition) is 2. The van der Waals surface area contributed by atoms with E-state index in [2.05, 4.69) is 10.6 Å². The van der Waals surface area contributed by atoms with E-state index in [0.717, 1.165) is 25.7 Å². The fraction of sp³-hybridized carbons (Fsp3) is 0.500. The Morgan fingerprint density at radius 2 is 1.97 bits per heavy atom. The van der Waals surface area contributed by atoms with Crippen molar-refractivity contribution < 1.29 is 32.7 Å². The fourth-order valence-electron chi connectivity index (χ4n) is 4.71. The monoisotopic (exact) mass is 486 g/mol.